The summed E-state index contributed by atoms with van der Waals surface area (Å²) >= 11 is 0. The van der Waals surface area contributed by atoms with Crippen LogP contribution in [0, 0.1) is 6.92 Å². The van der Waals surface area contributed by atoms with Crippen LogP contribution in [-0.4, -0.2) is 24.4 Å². The van der Waals surface area contributed by atoms with E-state index in [1.54, 1.807) is 7.11 Å². The van der Waals surface area contributed by atoms with Crippen LogP contribution in [0.5, 0.6) is 11.5 Å². The summed E-state index contributed by atoms with van der Waals surface area (Å²) in [5, 5.41) is 9.44. The number of rotatable bonds is 3. The normalized spacial score (nSPS) is 24.4. The van der Waals surface area contributed by atoms with Crippen LogP contribution in [0.4, 0.5) is 0 Å². The van der Waals surface area contributed by atoms with Gasteiger partial charge in [0.25, 0.3) is 0 Å². The number of hydrogen-bond donors (Lipinski definition) is 1. The molecule has 1 aromatic carbocycles. The number of aliphatic hydroxyl groups excluding tert-OH is 1. The topological polar surface area (TPSA) is 38.7 Å². The van der Waals surface area contributed by atoms with Crippen LogP contribution in [0.15, 0.2) is 18.2 Å². The van der Waals surface area contributed by atoms with Gasteiger partial charge in [-0.05, 0) is 37.5 Å². The zero-order chi connectivity index (χ0) is 11.5. The lowest BCUT2D eigenvalue weighted by atomic mass is 10.2. The fourth-order valence-electron chi connectivity index (χ4n) is 2.08. The van der Waals surface area contributed by atoms with Crippen molar-refractivity contribution >= 4 is 0 Å². The van der Waals surface area contributed by atoms with Crippen LogP contribution in [-0.2, 0) is 0 Å². The van der Waals surface area contributed by atoms with Crippen LogP contribution >= 0.6 is 0 Å². The van der Waals surface area contributed by atoms with Crippen LogP contribution in [0.1, 0.15) is 24.8 Å². The molecular formula is C13H18O3. The molecule has 1 aliphatic carbocycles. The van der Waals surface area contributed by atoms with Gasteiger partial charge in [0.15, 0.2) is 11.5 Å². The quantitative estimate of drug-likeness (QED) is 0.852. The third-order valence-electron chi connectivity index (χ3n) is 2.97. The Labute approximate surface area is 96.0 Å². The second-order valence-electron chi connectivity index (χ2n) is 4.36. The van der Waals surface area contributed by atoms with Gasteiger partial charge in [0.05, 0.1) is 13.2 Å². The largest absolute Gasteiger partial charge is 0.493 e. The first-order chi connectivity index (χ1) is 7.69. The van der Waals surface area contributed by atoms with E-state index in [9.17, 15) is 5.11 Å². The Balaban J connectivity index is 2.08. The highest BCUT2D eigenvalue weighted by atomic mass is 16.5. The minimum Gasteiger partial charge on any atom is -0.493 e. The molecule has 0 saturated heterocycles. The predicted molar refractivity (Wildman–Crippen MR) is 62.0 cm³/mol. The van der Waals surface area contributed by atoms with Gasteiger partial charge in [-0.1, -0.05) is 6.07 Å². The van der Waals surface area contributed by atoms with E-state index in [0.717, 1.165) is 36.3 Å². The van der Waals surface area contributed by atoms with E-state index in [1.165, 1.54) is 0 Å². The van der Waals surface area contributed by atoms with Crippen molar-refractivity contribution in [1.82, 2.24) is 0 Å². The van der Waals surface area contributed by atoms with Gasteiger partial charge in [-0.25, -0.2) is 0 Å². The Hall–Kier alpha value is -1.22. The van der Waals surface area contributed by atoms with Crippen molar-refractivity contribution in [3.8, 4) is 11.5 Å². The minimum atomic E-state index is -0.207. The highest BCUT2D eigenvalue weighted by molar-refractivity contribution is 5.42. The maximum atomic E-state index is 9.44. The number of aliphatic hydroxyl groups is 1. The van der Waals surface area contributed by atoms with Crippen molar-refractivity contribution in [2.75, 3.05) is 7.11 Å². The monoisotopic (exact) mass is 222 g/mol. The molecule has 3 heteroatoms. The van der Waals surface area contributed by atoms with E-state index < -0.39 is 0 Å². The van der Waals surface area contributed by atoms with Crippen molar-refractivity contribution in [2.45, 2.75) is 38.4 Å². The number of benzene rings is 1. The molecule has 3 nitrogen and oxygen atoms in total. The molecule has 88 valence electrons. The molecular weight excluding hydrogens is 204 g/mol. The molecule has 0 aliphatic heterocycles. The highest BCUT2D eigenvalue weighted by Gasteiger charge is 2.25. The Bertz CT molecular complexity index is 362. The van der Waals surface area contributed by atoms with Crippen molar-refractivity contribution < 1.29 is 14.6 Å². The molecule has 2 unspecified atom stereocenters. The molecule has 0 amide bonds. The van der Waals surface area contributed by atoms with Crippen LogP contribution in [0.2, 0.25) is 0 Å². The first kappa shape index (κ1) is 11.3. The summed E-state index contributed by atoms with van der Waals surface area (Å²) < 4.78 is 11.1. The summed E-state index contributed by atoms with van der Waals surface area (Å²) in [4.78, 5) is 0. The zero-order valence-electron chi connectivity index (χ0n) is 9.77. The molecule has 1 saturated carbocycles. The summed E-state index contributed by atoms with van der Waals surface area (Å²) in [6.45, 7) is 2.02. The van der Waals surface area contributed by atoms with E-state index in [2.05, 4.69) is 0 Å². The first-order valence-corrected chi connectivity index (χ1v) is 5.68. The lowest BCUT2D eigenvalue weighted by Crippen LogP contribution is -2.13. The van der Waals surface area contributed by atoms with Gasteiger partial charge in [0.2, 0.25) is 0 Å². The summed E-state index contributed by atoms with van der Waals surface area (Å²) in [7, 11) is 1.64. The van der Waals surface area contributed by atoms with Gasteiger partial charge >= 0.3 is 0 Å². The number of hydrogen-bond acceptors (Lipinski definition) is 3. The Morgan fingerprint density at radius 3 is 2.69 bits per heavy atom. The molecule has 0 radical (unpaired) electrons. The number of ether oxygens (including phenoxy) is 2. The maximum Gasteiger partial charge on any atom is 0.161 e. The van der Waals surface area contributed by atoms with Crippen molar-refractivity contribution in [3.05, 3.63) is 23.8 Å². The van der Waals surface area contributed by atoms with Gasteiger partial charge < -0.3 is 14.6 Å². The molecule has 1 aliphatic rings. The van der Waals surface area contributed by atoms with E-state index in [4.69, 9.17) is 9.47 Å². The molecule has 0 spiro atoms. The van der Waals surface area contributed by atoms with Crippen molar-refractivity contribution in [1.29, 1.82) is 0 Å². The number of methoxy groups -OCH3 is 1. The standard InChI is InChI=1S/C13H18O3/c1-9-3-6-12(13(7-9)15-2)16-11-5-4-10(14)8-11/h3,6-7,10-11,14H,4-5,8H2,1-2H3. The third-order valence-corrected chi connectivity index (χ3v) is 2.97. The van der Waals surface area contributed by atoms with Crippen LogP contribution in [0.25, 0.3) is 0 Å². The number of aryl methyl sites for hydroxylation is 1. The molecule has 1 N–H and O–H groups in total. The van der Waals surface area contributed by atoms with Gasteiger partial charge in [-0.2, -0.15) is 0 Å². The fraction of sp³-hybridized carbons (Fsp3) is 0.538. The second-order valence-corrected chi connectivity index (χ2v) is 4.36. The average Bonchev–Trinajstić information content (AvgIpc) is 2.67. The third kappa shape index (κ3) is 2.47. The minimum absolute atomic E-state index is 0.117. The summed E-state index contributed by atoms with van der Waals surface area (Å²) in [5.41, 5.74) is 1.15. The second kappa shape index (κ2) is 4.74. The van der Waals surface area contributed by atoms with Crippen LogP contribution in [0.3, 0.4) is 0 Å². The molecule has 0 heterocycles. The average molecular weight is 222 g/mol. The highest BCUT2D eigenvalue weighted by Crippen LogP contribution is 2.32. The molecule has 2 rings (SSSR count). The SMILES string of the molecule is COc1cc(C)ccc1OC1CCC(O)C1. The molecule has 0 aromatic heterocycles. The Morgan fingerprint density at radius 1 is 1.25 bits per heavy atom. The summed E-state index contributed by atoms with van der Waals surface area (Å²) in [6.07, 6.45) is 2.38. The van der Waals surface area contributed by atoms with Crippen molar-refractivity contribution in [3.63, 3.8) is 0 Å². The maximum absolute atomic E-state index is 9.44. The molecule has 1 aromatic rings. The zero-order valence-corrected chi connectivity index (χ0v) is 9.77. The molecule has 0 bridgehead atoms. The Morgan fingerprint density at radius 2 is 2.06 bits per heavy atom. The van der Waals surface area contributed by atoms with Gasteiger partial charge in [0.1, 0.15) is 6.10 Å². The molecule has 2 atom stereocenters. The van der Waals surface area contributed by atoms with Crippen molar-refractivity contribution in [2.24, 2.45) is 0 Å². The predicted octanol–water partition coefficient (Wildman–Crippen LogP) is 2.30. The van der Waals surface area contributed by atoms with E-state index >= 15 is 0 Å². The van der Waals surface area contributed by atoms with E-state index in [-0.39, 0.29) is 12.2 Å². The molecule has 1 fully saturated rings. The summed E-state index contributed by atoms with van der Waals surface area (Å²) in [5.74, 6) is 1.54. The van der Waals surface area contributed by atoms with Gasteiger partial charge in [0, 0.05) is 6.42 Å². The van der Waals surface area contributed by atoms with Crippen LogP contribution < -0.4 is 9.47 Å². The lowest BCUT2D eigenvalue weighted by Gasteiger charge is -2.16. The Kier molecular flexibility index (Phi) is 3.34. The van der Waals surface area contributed by atoms with E-state index in [1.807, 2.05) is 25.1 Å². The smallest absolute Gasteiger partial charge is 0.161 e. The lowest BCUT2D eigenvalue weighted by molar-refractivity contribution is 0.147. The fourth-order valence-corrected chi connectivity index (χ4v) is 2.08. The van der Waals surface area contributed by atoms with Gasteiger partial charge in [-0.15, -0.1) is 0 Å². The first-order valence-electron chi connectivity index (χ1n) is 5.68. The molecule has 16 heavy (non-hydrogen) atoms. The van der Waals surface area contributed by atoms with E-state index in [0.29, 0.717) is 0 Å². The summed E-state index contributed by atoms with van der Waals surface area (Å²) in [6, 6.07) is 5.89. The van der Waals surface area contributed by atoms with Gasteiger partial charge in [-0.3, -0.25) is 0 Å².